The first-order valence-corrected chi connectivity index (χ1v) is 8.19. The molecular formula is C14H23N3O2S. The van der Waals surface area contributed by atoms with Gasteiger partial charge in [-0.05, 0) is 11.6 Å². The Balaban J connectivity index is 2.29. The summed E-state index contributed by atoms with van der Waals surface area (Å²) in [6.07, 6.45) is 0.673. The van der Waals surface area contributed by atoms with Crippen LogP contribution < -0.4 is 0 Å². The van der Waals surface area contributed by atoms with Crippen LogP contribution in [0.5, 0.6) is 0 Å². The number of nitrogens with zero attached hydrogens (tertiary/aromatic N) is 3. The molecule has 0 bridgehead atoms. The Morgan fingerprint density at radius 1 is 1.25 bits per heavy atom. The smallest absolute Gasteiger partial charge is 0.257 e. The van der Waals surface area contributed by atoms with E-state index in [1.54, 1.807) is 14.1 Å². The van der Waals surface area contributed by atoms with Crippen molar-refractivity contribution >= 4 is 10.2 Å². The van der Waals surface area contributed by atoms with E-state index in [1.807, 2.05) is 12.1 Å². The minimum absolute atomic E-state index is 0.0158. The van der Waals surface area contributed by atoms with Crippen molar-refractivity contribution in [3.63, 3.8) is 0 Å². The highest BCUT2D eigenvalue weighted by Crippen LogP contribution is 2.25. The largest absolute Gasteiger partial charge is 0.281 e. The van der Waals surface area contributed by atoms with Crippen LogP contribution in [0, 0.1) is 0 Å². The quantitative estimate of drug-likeness (QED) is 0.832. The molecule has 0 saturated carbocycles. The van der Waals surface area contributed by atoms with Crippen LogP contribution in [-0.2, 0) is 28.6 Å². The van der Waals surface area contributed by atoms with E-state index < -0.39 is 10.2 Å². The Morgan fingerprint density at radius 3 is 2.45 bits per heavy atom. The molecule has 0 radical (unpaired) electrons. The molecule has 6 heteroatoms. The van der Waals surface area contributed by atoms with Gasteiger partial charge in [-0.25, -0.2) is 0 Å². The van der Waals surface area contributed by atoms with Crippen LogP contribution in [0.2, 0.25) is 0 Å². The summed E-state index contributed by atoms with van der Waals surface area (Å²) < 4.78 is 27.1. The lowest BCUT2D eigenvalue weighted by atomic mass is 9.90. The summed E-state index contributed by atoms with van der Waals surface area (Å²) in [6.45, 7) is 7.30. The zero-order valence-corrected chi connectivity index (χ0v) is 13.7. The first kappa shape index (κ1) is 15.4. The van der Waals surface area contributed by atoms with Crippen LogP contribution in [0.3, 0.4) is 0 Å². The molecule has 1 aliphatic rings. The van der Waals surface area contributed by atoms with Crippen molar-refractivity contribution in [3.8, 4) is 0 Å². The van der Waals surface area contributed by atoms with Crippen LogP contribution >= 0.6 is 0 Å². The molecule has 0 atom stereocenters. The molecule has 0 amide bonds. The van der Waals surface area contributed by atoms with Crippen LogP contribution in [0.25, 0.3) is 0 Å². The summed E-state index contributed by atoms with van der Waals surface area (Å²) in [7, 11) is -0.220. The van der Waals surface area contributed by atoms with Crippen LogP contribution in [0.15, 0.2) is 12.1 Å². The summed E-state index contributed by atoms with van der Waals surface area (Å²) in [6, 6.07) is 4.02. The molecule has 0 unspecified atom stereocenters. The topological polar surface area (TPSA) is 53.5 Å². The molecule has 2 heterocycles. The van der Waals surface area contributed by atoms with Crippen molar-refractivity contribution in [2.45, 2.75) is 39.2 Å². The van der Waals surface area contributed by atoms with Gasteiger partial charge in [0.1, 0.15) is 0 Å². The third-order valence-electron chi connectivity index (χ3n) is 3.57. The summed E-state index contributed by atoms with van der Waals surface area (Å²) in [5.74, 6) is 0. The summed E-state index contributed by atoms with van der Waals surface area (Å²) in [4.78, 5) is 4.71. The van der Waals surface area contributed by atoms with E-state index in [2.05, 4.69) is 20.8 Å². The number of rotatable bonds is 2. The van der Waals surface area contributed by atoms with E-state index in [9.17, 15) is 8.42 Å². The Kier molecular flexibility index (Phi) is 3.92. The lowest BCUT2D eigenvalue weighted by Gasteiger charge is -2.30. The van der Waals surface area contributed by atoms with Gasteiger partial charge in [-0.1, -0.05) is 26.8 Å². The maximum Gasteiger partial charge on any atom is 0.281 e. The average molecular weight is 297 g/mol. The molecular weight excluding hydrogens is 274 g/mol. The number of hydrogen-bond acceptors (Lipinski definition) is 3. The van der Waals surface area contributed by atoms with Crippen molar-refractivity contribution < 1.29 is 8.42 Å². The van der Waals surface area contributed by atoms with Crippen molar-refractivity contribution in [2.75, 3.05) is 20.6 Å². The van der Waals surface area contributed by atoms with Gasteiger partial charge in [0.25, 0.3) is 10.2 Å². The van der Waals surface area contributed by atoms with Crippen LogP contribution in [-0.4, -0.2) is 42.7 Å². The molecule has 0 saturated heterocycles. The molecule has 2 rings (SSSR count). The Morgan fingerprint density at radius 2 is 1.90 bits per heavy atom. The van der Waals surface area contributed by atoms with Crippen molar-refractivity contribution in [3.05, 3.63) is 29.1 Å². The first-order chi connectivity index (χ1) is 9.12. The number of hydrogen-bond donors (Lipinski definition) is 0. The van der Waals surface area contributed by atoms with E-state index in [-0.39, 0.29) is 5.41 Å². The van der Waals surface area contributed by atoms with Gasteiger partial charge < -0.3 is 0 Å². The number of aromatic nitrogens is 1. The Bertz CT molecular complexity index is 603. The highest BCUT2D eigenvalue weighted by Gasteiger charge is 2.29. The predicted octanol–water partition coefficient (Wildman–Crippen LogP) is 1.54. The molecule has 20 heavy (non-hydrogen) atoms. The number of fused-ring (bicyclic) bond motifs is 1. The van der Waals surface area contributed by atoms with Gasteiger partial charge in [-0.3, -0.25) is 4.98 Å². The molecule has 5 nitrogen and oxygen atoms in total. The zero-order chi connectivity index (χ0) is 15.1. The summed E-state index contributed by atoms with van der Waals surface area (Å²) in [5, 5.41) is 0. The lowest BCUT2D eigenvalue weighted by Crippen LogP contribution is -2.43. The maximum atomic E-state index is 12.2. The minimum atomic E-state index is -3.34. The fourth-order valence-electron chi connectivity index (χ4n) is 2.24. The van der Waals surface area contributed by atoms with Crippen LogP contribution in [0.4, 0.5) is 0 Å². The van der Waals surface area contributed by atoms with Gasteiger partial charge in [0.15, 0.2) is 0 Å². The molecule has 112 valence electrons. The molecule has 1 aromatic rings. The fourth-order valence-corrected chi connectivity index (χ4v) is 3.32. The van der Waals surface area contributed by atoms with Gasteiger partial charge in [-0.2, -0.15) is 17.0 Å². The van der Waals surface area contributed by atoms with Gasteiger partial charge >= 0.3 is 0 Å². The van der Waals surface area contributed by atoms with Gasteiger partial charge in [0.2, 0.25) is 0 Å². The Labute approximate surface area is 121 Å². The molecule has 0 fully saturated rings. The lowest BCUT2D eigenvalue weighted by molar-refractivity contribution is 0.355. The molecule has 0 aliphatic carbocycles. The Hall–Kier alpha value is -0.980. The van der Waals surface area contributed by atoms with Crippen molar-refractivity contribution in [1.82, 2.24) is 13.6 Å². The monoisotopic (exact) mass is 297 g/mol. The highest BCUT2D eigenvalue weighted by atomic mass is 32.2. The summed E-state index contributed by atoms with van der Waals surface area (Å²) in [5.41, 5.74) is 3.11. The van der Waals surface area contributed by atoms with Gasteiger partial charge in [0, 0.05) is 50.4 Å². The normalized spacial score (nSPS) is 17.3. The molecule has 1 aliphatic heterocycles. The highest BCUT2D eigenvalue weighted by molar-refractivity contribution is 7.86. The molecule has 0 aromatic carbocycles. The van der Waals surface area contributed by atoms with Crippen molar-refractivity contribution in [2.24, 2.45) is 0 Å². The first-order valence-electron chi connectivity index (χ1n) is 6.79. The maximum absolute atomic E-state index is 12.2. The predicted molar refractivity (Wildman–Crippen MR) is 79.7 cm³/mol. The fraction of sp³-hybridized carbons (Fsp3) is 0.643. The third-order valence-corrected chi connectivity index (χ3v) is 5.46. The van der Waals surface area contributed by atoms with Crippen molar-refractivity contribution in [1.29, 1.82) is 0 Å². The second-order valence-corrected chi connectivity index (χ2v) is 8.57. The van der Waals surface area contributed by atoms with Gasteiger partial charge in [0.05, 0.1) is 0 Å². The summed E-state index contributed by atoms with van der Waals surface area (Å²) >= 11 is 0. The van der Waals surface area contributed by atoms with Gasteiger partial charge in [-0.15, -0.1) is 0 Å². The SMILES string of the molecule is CN(C)S(=O)(=O)N1CCc2nc(C(C)(C)C)ccc2C1. The standard InChI is InChI=1S/C14H23N3O2S/c1-14(2,3)13-7-6-11-10-17(9-8-12(11)15-13)20(18,19)16(4)5/h6-7H,8-10H2,1-5H3. The third kappa shape index (κ3) is 2.87. The zero-order valence-electron chi connectivity index (χ0n) is 12.8. The molecule has 1 aromatic heterocycles. The van der Waals surface area contributed by atoms with E-state index in [0.29, 0.717) is 19.5 Å². The van der Waals surface area contributed by atoms with E-state index in [1.165, 1.54) is 8.61 Å². The van der Waals surface area contributed by atoms with E-state index >= 15 is 0 Å². The molecule has 0 N–H and O–H groups in total. The second kappa shape index (κ2) is 5.09. The minimum Gasteiger partial charge on any atom is -0.257 e. The second-order valence-electron chi connectivity index (χ2n) is 6.43. The molecule has 0 spiro atoms. The van der Waals surface area contributed by atoms with E-state index in [4.69, 9.17) is 4.98 Å². The number of pyridine rings is 1. The average Bonchev–Trinajstić information content (AvgIpc) is 2.36. The van der Waals surface area contributed by atoms with Crippen LogP contribution in [0.1, 0.15) is 37.7 Å². The van der Waals surface area contributed by atoms with E-state index in [0.717, 1.165) is 17.0 Å².